The number of carbonyl (C=O) groups excluding carboxylic acids is 1. The zero-order valence-corrected chi connectivity index (χ0v) is 15.0. The number of carboxylic acid groups (broad SMARTS) is 1. The van der Waals surface area contributed by atoms with Crippen LogP contribution in [0.15, 0.2) is 30.3 Å². The molecule has 6 nitrogen and oxygen atoms in total. The molecule has 1 rings (SSSR count). The summed E-state index contributed by atoms with van der Waals surface area (Å²) in [6, 6.07) is 8.90. The van der Waals surface area contributed by atoms with Crippen LogP contribution in [0.4, 0.5) is 4.79 Å². The van der Waals surface area contributed by atoms with Crippen LogP contribution in [0.25, 0.3) is 0 Å². The molecule has 0 fully saturated rings. The van der Waals surface area contributed by atoms with Crippen LogP contribution < -0.4 is 0 Å². The second-order valence-corrected chi connectivity index (χ2v) is 6.32. The smallest absolute Gasteiger partial charge is 0.411 e. The highest BCUT2D eigenvalue weighted by Gasteiger charge is 2.51. The quantitative estimate of drug-likeness (QED) is 0.788. The van der Waals surface area contributed by atoms with Crippen LogP contribution in [0.5, 0.6) is 0 Å². The van der Waals surface area contributed by atoms with Gasteiger partial charge in [0.2, 0.25) is 0 Å². The van der Waals surface area contributed by atoms with Crippen molar-refractivity contribution in [2.75, 3.05) is 13.7 Å². The molecule has 24 heavy (non-hydrogen) atoms. The Balaban J connectivity index is 3.09. The van der Waals surface area contributed by atoms with E-state index >= 15 is 0 Å². The van der Waals surface area contributed by atoms with Crippen molar-refractivity contribution in [3.8, 4) is 0 Å². The van der Waals surface area contributed by atoms with Gasteiger partial charge in [-0.25, -0.2) is 9.59 Å². The Bertz CT molecular complexity index is 544. The van der Waals surface area contributed by atoms with Gasteiger partial charge in [-0.15, -0.1) is 0 Å². The monoisotopic (exact) mass is 337 g/mol. The summed E-state index contributed by atoms with van der Waals surface area (Å²) in [6.07, 6.45) is -0.665. The average molecular weight is 337 g/mol. The maximum Gasteiger partial charge on any atom is 0.411 e. The van der Waals surface area contributed by atoms with Crippen molar-refractivity contribution in [3.05, 3.63) is 35.9 Å². The molecular formula is C18H27NO5. The van der Waals surface area contributed by atoms with Gasteiger partial charge < -0.3 is 14.6 Å². The number of aliphatic carboxylic acids is 1. The van der Waals surface area contributed by atoms with Gasteiger partial charge in [-0.1, -0.05) is 44.2 Å². The number of methoxy groups -OCH3 is 1. The first-order valence-electron chi connectivity index (χ1n) is 7.99. The van der Waals surface area contributed by atoms with Crippen LogP contribution in [0.1, 0.15) is 33.3 Å². The van der Waals surface area contributed by atoms with E-state index in [1.807, 2.05) is 30.3 Å². The number of carbonyl (C=O) groups is 2. The van der Waals surface area contributed by atoms with Crippen molar-refractivity contribution in [2.45, 2.75) is 45.9 Å². The highest BCUT2D eigenvalue weighted by molar-refractivity contribution is 5.85. The van der Waals surface area contributed by atoms with E-state index in [0.717, 1.165) is 5.56 Å². The third kappa shape index (κ3) is 4.26. The molecule has 0 spiro atoms. The van der Waals surface area contributed by atoms with Gasteiger partial charge in [0.05, 0.1) is 6.61 Å². The molecule has 1 amide bonds. The SMILES string of the molecule is COCC(C(=O)O)(C(C)C)N(C(=O)OCc1ccccc1)C(C)C. The molecule has 1 aromatic rings. The summed E-state index contributed by atoms with van der Waals surface area (Å²) in [5.74, 6) is -1.47. The molecule has 0 aromatic heterocycles. The molecule has 1 unspecified atom stereocenters. The molecule has 0 heterocycles. The zero-order chi connectivity index (χ0) is 18.3. The molecule has 0 saturated carbocycles. The lowest BCUT2D eigenvalue weighted by Gasteiger charge is -2.44. The van der Waals surface area contributed by atoms with Gasteiger partial charge in [0.25, 0.3) is 0 Å². The first kappa shape index (κ1) is 20.0. The highest BCUT2D eigenvalue weighted by Crippen LogP contribution is 2.29. The molecule has 0 saturated heterocycles. The number of amides is 1. The lowest BCUT2D eigenvalue weighted by molar-refractivity contribution is -0.160. The molecule has 0 aliphatic carbocycles. The molecule has 0 bridgehead atoms. The van der Waals surface area contributed by atoms with Crippen LogP contribution in [0.3, 0.4) is 0 Å². The Morgan fingerprint density at radius 2 is 1.75 bits per heavy atom. The van der Waals surface area contributed by atoms with Crippen molar-refractivity contribution >= 4 is 12.1 Å². The van der Waals surface area contributed by atoms with E-state index in [-0.39, 0.29) is 25.2 Å². The second-order valence-electron chi connectivity index (χ2n) is 6.32. The van der Waals surface area contributed by atoms with Crippen LogP contribution in [0, 0.1) is 5.92 Å². The standard InChI is InChI=1S/C18H27NO5/c1-13(2)18(12-23-5,16(20)21)19(14(3)4)17(22)24-11-15-9-7-6-8-10-15/h6-10,13-14H,11-12H2,1-5H3,(H,20,21). The molecule has 134 valence electrons. The number of benzene rings is 1. The molecule has 0 aliphatic heterocycles. The maximum absolute atomic E-state index is 12.7. The van der Waals surface area contributed by atoms with E-state index in [4.69, 9.17) is 9.47 Å². The van der Waals surface area contributed by atoms with E-state index in [9.17, 15) is 14.7 Å². The lowest BCUT2D eigenvalue weighted by Crippen LogP contribution is -2.65. The molecule has 1 atom stereocenters. The summed E-state index contributed by atoms with van der Waals surface area (Å²) in [6.45, 7) is 7.02. The summed E-state index contributed by atoms with van der Waals surface area (Å²) >= 11 is 0. The fourth-order valence-electron chi connectivity index (χ4n) is 2.77. The third-order valence-electron chi connectivity index (χ3n) is 4.04. The van der Waals surface area contributed by atoms with Gasteiger partial charge in [0.15, 0.2) is 5.54 Å². The second kappa shape index (κ2) is 8.68. The van der Waals surface area contributed by atoms with Crippen LogP contribution in [-0.4, -0.2) is 47.4 Å². The van der Waals surface area contributed by atoms with Crippen molar-refractivity contribution < 1.29 is 24.2 Å². The number of hydrogen-bond donors (Lipinski definition) is 1. The lowest BCUT2D eigenvalue weighted by atomic mass is 9.84. The predicted molar refractivity (Wildman–Crippen MR) is 90.7 cm³/mol. The van der Waals surface area contributed by atoms with Gasteiger partial charge >= 0.3 is 12.1 Å². The summed E-state index contributed by atoms with van der Waals surface area (Å²) in [5.41, 5.74) is -0.650. The predicted octanol–water partition coefficient (Wildman–Crippen LogP) is 3.16. The van der Waals surface area contributed by atoms with Gasteiger partial charge in [0, 0.05) is 13.2 Å². The van der Waals surface area contributed by atoms with E-state index in [0.29, 0.717) is 0 Å². The van der Waals surface area contributed by atoms with Gasteiger partial charge in [-0.2, -0.15) is 0 Å². The average Bonchev–Trinajstić information content (AvgIpc) is 2.52. The minimum Gasteiger partial charge on any atom is -0.479 e. The number of carboxylic acids is 1. The summed E-state index contributed by atoms with van der Waals surface area (Å²) in [7, 11) is 1.42. The Labute approximate surface area is 143 Å². The van der Waals surface area contributed by atoms with Gasteiger partial charge in [0.1, 0.15) is 6.61 Å². The Kier molecular flexibility index (Phi) is 7.22. The largest absolute Gasteiger partial charge is 0.479 e. The van der Waals surface area contributed by atoms with Gasteiger partial charge in [-0.3, -0.25) is 4.90 Å². The fraction of sp³-hybridized carbons (Fsp3) is 0.556. The zero-order valence-electron chi connectivity index (χ0n) is 15.0. The van der Waals surface area contributed by atoms with Crippen LogP contribution in [0.2, 0.25) is 0 Å². The van der Waals surface area contributed by atoms with Crippen molar-refractivity contribution in [2.24, 2.45) is 5.92 Å². The molecular weight excluding hydrogens is 310 g/mol. The third-order valence-corrected chi connectivity index (χ3v) is 4.04. The first-order chi connectivity index (χ1) is 11.3. The normalized spacial score (nSPS) is 13.6. The van der Waals surface area contributed by atoms with Crippen molar-refractivity contribution in [1.82, 2.24) is 4.90 Å². The summed E-state index contributed by atoms with van der Waals surface area (Å²) < 4.78 is 10.5. The number of ether oxygens (including phenoxy) is 2. The Hall–Kier alpha value is -2.08. The summed E-state index contributed by atoms with van der Waals surface area (Å²) in [5, 5.41) is 9.85. The summed E-state index contributed by atoms with van der Waals surface area (Å²) in [4.78, 5) is 26.0. The van der Waals surface area contributed by atoms with Crippen molar-refractivity contribution in [3.63, 3.8) is 0 Å². The molecule has 0 aliphatic rings. The molecule has 0 radical (unpaired) electrons. The minimum atomic E-state index is -1.49. The number of hydrogen-bond acceptors (Lipinski definition) is 4. The Morgan fingerprint density at radius 3 is 2.17 bits per heavy atom. The van der Waals surface area contributed by atoms with E-state index in [1.165, 1.54) is 12.0 Å². The van der Waals surface area contributed by atoms with E-state index < -0.39 is 17.6 Å². The van der Waals surface area contributed by atoms with Crippen LogP contribution in [-0.2, 0) is 20.9 Å². The van der Waals surface area contributed by atoms with Gasteiger partial charge in [-0.05, 0) is 25.3 Å². The van der Waals surface area contributed by atoms with Crippen LogP contribution >= 0.6 is 0 Å². The fourth-order valence-corrected chi connectivity index (χ4v) is 2.77. The molecule has 1 aromatic carbocycles. The molecule has 1 N–H and O–H groups in total. The maximum atomic E-state index is 12.7. The molecule has 6 heteroatoms. The Morgan fingerprint density at radius 1 is 1.17 bits per heavy atom. The number of nitrogens with zero attached hydrogens (tertiary/aromatic N) is 1. The number of rotatable bonds is 8. The van der Waals surface area contributed by atoms with Crippen molar-refractivity contribution in [1.29, 1.82) is 0 Å². The van der Waals surface area contributed by atoms with E-state index in [1.54, 1.807) is 27.7 Å². The topological polar surface area (TPSA) is 76.1 Å². The minimum absolute atomic E-state index is 0.0870. The van der Waals surface area contributed by atoms with E-state index in [2.05, 4.69) is 0 Å². The first-order valence-corrected chi connectivity index (χ1v) is 7.99. The highest BCUT2D eigenvalue weighted by atomic mass is 16.6.